The molecule has 1 aromatic carbocycles. The molecule has 0 aliphatic carbocycles. The number of hydrogen-bond acceptors (Lipinski definition) is 5. The average Bonchev–Trinajstić information content (AvgIpc) is 2.84. The van der Waals surface area contributed by atoms with E-state index >= 15 is 0 Å². The number of ether oxygens (including phenoxy) is 1. The summed E-state index contributed by atoms with van der Waals surface area (Å²) < 4.78 is 5.38. The lowest BCUT2D eigenvalue weighted by atomic mass is 9.97. The average molecular weight is 487 g/mol. The lowest BCUT2D eigenvalue weighted by molar-refractivity contribution is -0.145. The second-order valence-electron chi connectivity index (χ2n) is 9.14. The first-order valence-electron chi connectivity index (χ1n) is 12.4. The molecule has 3 N–H and O–H groups in total. The SMILES string of the molecule is C=CCCCCC(=O)OC[C@@H](NC(=O)[C@H](CC=C)CC(=O)N[C@@H](CO)Cc1ccccc1)C(C)C. The number of hydrogen-bond donors (Lipinski definition) is 3. The fraction of sp³-hybridized carbons (Fsp3) is 0.536. The van der Waals surface area contributed by atoms with E-state index in [2.05, 4.69) is 23.8 Å². The van der Waals surface area contributed by atoms with Crippen LogP contribution >= 0.6 is 0 Å². The molecule has 0 saturated heterocycles. The minimum absolute atomic E-state index is 0.0307. The minimum atomic E-state index is -0.612. The molecule has 0 fully saturated rings. The summed E-state index contributed by atoms with van der Waals surface area (Å²) >= 11 is 0. The van der Waals surface area contributed by atoms with E-state index in [1.54, 1.807) is 6.08 Å². The van der Waals surface area contributed by atoms with Gasteiger partial charge in [0, 0.05) is 12.8 Å². The highest BCUT2D eigenvalue weighted by Gasteiger charge is 2.26. The van der Waals surface area contributed by atoms with Gasteiger partial charge in [-0.1, -0.05) is 56.3 Å². The van der Waals surface area contributed by atoms with Gasteiger partial charge in [0.15, 0.2) is 0 Å². The first kappa shape index (κ1) is 30.1. The van der Waals surface area contributed by atoms with E-state index in [0.717, 1.165) is 24.8 Å². The molecule has 0 radical (unpaired) electrons. The van der Waals surface area contributed by atoms with E-state index in [1.807, 2.05) is 50.3 Å². The molecule has 0 bridgehead atoms. The Bertz CT molecular complexity index is 794. The normalized spacial score (nSPS) is 13.4. The van der Waals surface area contributed by atoms with Gasteiger partial charge in [-0.3, -0.25) is 14.4 Å². The predicted octanol–water partition coefficient (Wildman–Crippen LogP) is 3.72. The van der Waals surface area contributed by atoms with Crippen molar-refractivity contribution < 1.29 is 24.2 Å². The molecular formula is C28H42N2O5. The Morgan fingerprint density at radius 3 is 2.37 bits per heavy atom. The highest BCUT2D eigenvalue weighted by Crippen LogP contribution is 2.13. The van der Waals surface area contributed by atoms with Gasteiger partial charge in [0.25, 0.3) is 0 Å². The van der Waals surface area contributed by atoms with Gasteiger partial charge in [-0.15, -0.1) is 13.2 Å². The number of esters is 1. The Kier molecular flexibility index (Phi) is 15.0. The van der Waals surface area contributed by atoms with Gasteiger partial charge in [0.2, 0.25) is 11.8 Å². The van der Waals surface area contributed by atoms with Crippen LogP contribution in [0.5, 0.6) is 0 Å². The Morgan fingerprint density at radius 1 is 1.06 bits per heavy atom. The number of carbonyl (C=O) groups is 3. The molecular weight excluding hydrogens is 444 g/mol. The molecule has 0 aliphatic rings. The van der Waals surface area contributed by atoms with E-state index in [1.165, 1.54) is 0 Å². The highest BCUT2D eigenvalue weighted by atomic mass is 16.5. The molecule has 0 spiro atoms. The second-order valence-corrected chi connectivity index (χ2v) is 9.14. The summed E-state index contributed by atoms with van der Waals surface area (Å²) in [5.74, 6) is -1.46. The first-order chi connectivity index (χ1) is 16.8. The zero-order valence-electron chi connectivity index (χ0n) is 21.2. The number of aliphatic hydroxyl groups excluding tert-OH is 1. The summed E-state index contributed by atoms with van der Waals surface area (Å²) in [6.07, 6.45) is 7.04. The Morgan fingerprint density at radius 2 is 1.77 bits per heavy atom. The highest BCUT2D eigenvalue weighted by molar-refractivity contribution is 5.86. The third kappa shape index (κ3) is 12.9. The van der Waals surface area contributed by atoms with Crippen molar-refractivity contribution in [3.05, 3.63) is 61.2 Å². The first-order valence-corrected chi connectivity index (χ1v) is 12.4. The topological polar surface area (TPSA) is 105 Å². The standard InChI is InChI=1S/C28H42N2O5/c1-5-7-8-12-16-27(33)35-20-25(21(3)4)30-28(34)23(13-6-2)18-26(32)29-24(19-31)17-22-14-10-9-11-15-22/h5-6,9-11,14-15,21,23-25,31H,1-2,7-8,12-13,16-20H2,3-4H3,(H,29,32)(H,30,34)/t23-,24-,25-/m1/s1. The number of unbranched alkanes of at least 4 members (excludes halogenated alkanes) is 2. The number of nitrogens with one attached hydrogen (secondary N) is 2. The van der Waals surface area contributed by atoms with Crippen molar-refractivity contribution in [1.82, 2.24) is 10.6 Å². The lowest BCUT2D eigenvalue weighted by Gasteiger charge is -2.25. The summed E-state index contributed by atoms with van der Waals surface area (Å²) in [7, 11) is 0. The van der Waals surface area contributed by atoms with Crippen LogP contribution in [0.3, 0.4) is 0 Å². The minimum Gasteiger partial charge on any atom is -0.463 e. The molecule has 2 amide bonds. The lowest BCUT2D eigenvalue weighted by Crippen LogP contribution is -2.46. The molecule has 35 heavy (non-hydrogen) atoms. The van der Waals surface area contributed by atoms with Crippen LogP contribution < -0.4 is 10.6 Å². The zero-order chi connectivity index (χ0) is 26.1. The third-order valence-electron chi connectivity index (χ3n) is 5.76. The van der Waals surface area contributed by atoms with Crippen molar-refractivity contribution in [2.24, 2.45) is 11.8 Å². The predicted molar refractivity (Wildman–Crippen MR) is 138 cm³/mol. The quantitative estimate of drug-likeness (QED) is 0.167. The van der Waals surface area contributed by atoms with Crippen molar-refractivity contribution in [2.45, 2.75) is 70.9 Å². The van der Waals surface area contributed by atoms with E-state index in [-0.39, 0.29) is 49.4 Å². The number of carbonyl (C=O) groups excluding carboxylic acids is 3. The van der Waals surface area contributed by atoms with Crippen molar-refractivity contribution in [3.63, 3.8) is 0 Å². The van der Waals surface area contributed by atoms with Gasteiger partial charge in [-0.25, -0.2) is 0 Å². The van der Waals surface area contributed by atoms with E-state index in [9.17, 15) is 19.5 Å². The van der Waals surface area contributed by atoms with Gasteiger partial charge in [-0.05, 0) is 43.6 Å². The molecule has 1 rings (SSSR count). The smallest absolute Gasteiger partial charge is 0.305 e. The van der Waals surface area contributed by atoms with Gasteiger partial charge in [0.1, 0.15) is 6.61 Å². The van der Waals surface area contributed by atoms with Crippen LogP contribution in [0.2, 0.25) is 0 Å². The van der Waals surface area contributed by atoms with Crippen LogP contribution in [0.15, 0.2) is 55.6 Å². The van der Waals surface area contributed by atoms with Crippen LogP contribution in [-0.4, -0.2) is 48.2 Å². The van der Waals surface area contributed by atoms with Crippen molar-refractivity contribution in [1.29, 1.82) is 0 Å². The molecule has 194 valence electrons. The maximum atomic E-state index is 13.0. The molecule has 0 heterocycles. The number of aliphatic hydroxyl groups is 1. The Hall–Kier alpha value is -2.93. The summed E-state index contributed by atoms with van der Waals surface area (Å²) in [5, 5.41) is 15.5. The molecule has 1 aromatic rings. The largest absolute Gasteiger partial charge is 0.463 e. The van der Waals surface area contributed by atoms with Gasteiger partial charge in [-0.2, -0.15) is 0 Å². The third-order valence-corrected chi connectivity index (χ3v) is 5.76. The summed E-state index contributed by atoms with van der Waals surface area (Å²) in [5.41, 5.74) is 1.00. The van der Waals surface area contributed by atoms with Gasteiger partial charge in [0.05, 0.1) is 24.6 Å². The molecule has 0 saturated carbocycles. The Labute approximate surface area is 210 Å². The number of benzene rings is 1. The van der Waals surface area contributed by atoms with E-state index in [0.29, 0.717) is 19.3 Å². The fourth-order valence-corrected chi connectivity index (χ4v) is 3.57. The Balaban J connectivity index is 2.62. The van der Waals surface area contributed by atoms with Gasteiger partial charge >= 0.3 is 5.97 Å². The van der Waals surface area contributed by atoms with Crippen molar-refractivity contribution >= 4 is 17.8 Å². The summed E-state index contributed by atoms with van der Waals surface area (Å²) in [4.78, 5) is 37.7. The fourth-order valence-electron chi connectivity index (χ4n) is 3.57. The van der Waals surface area contributed by atoms with Crippen LogP contribution in [0, 0.1) is 11.8 Å². The van der Waals surface area contributed by atoms with Crippen molar-refractivity contribution in [2.75, 3.05) is 13.2 Å². The molecule has 7 heteroatoms. The van der Waals surface area contributed by atoms with Crippen molar-refractivity contribution in [3.8, 4) is 0 Å². The number of allylic oxidation sites excluding steroid dienone is 2. The monoisotopic (exact) mass is 486 g/mol. The number of rotatable bonds is 18. The van der Waals surface area contributed by atoms with Crippen LogP contribution in [0.4, 0.5) is 0 Å². The molecule has 7 nitrogen and oxygen atoms in total. The van der Waals surface area contributed by atoms with Crippen LogP contribution in [0.25, 0.3) is 0 Å². The zero-order valence-corrected chi connectivity index (χ0v) is 21.2. The van der Waals surface area contributed by atoms with E-state index in [4.69, 9.17) is 4.74 Å². The van der Waals surface area contributed by atoms with Gasteiger partial charge < -0.3 is 20.5 Å². The number of amides is 2. The molecule has 0 aromatic heterocycles. The second kappa shape index (κ2) is 17.5. The van der Waals surface area contributed by atoms with Crippen LogP contribution in [0.1, 0.15) is 57.9 Å². The van der Waals surface area contributed by atoms with Crippen LogP contribution in [-0.2, 0) is 25.5 Å². The maximum Gasteiger partial charge on any atom is 0.305 e. The molecule has 3 atom stereocenters. The van der Waals surface area contributed by atoms with E-state index < -0.39 is 12.0 Å². The summed E-state index contributed by atoms with van der Waals surface area (Å²) in [6.45, 7) is 11.1. The molecule has 0 aliphatic heterocycles. The summed E-state index contributed by atoms with van der Waals surface area (Å²) in [6, 6.07) is 8.78. The molecule has 0 unspecified atom stereocenters. The maximum absolute atomic E-state index is 13.0.